The van der Waals surface area contributed by atoms with E-state index in [2.05, 4.69) is 13.8 Å². The Balaban J connectivity index is 4.06. The Morgan fingerprint density at radius 3 is 1.34 bits per heavy atom. The number of hydrogen-bond acceptors (Lipinski definition) is 3. The molecular formula is C32H62O3. The number of hydrogen-bond donors (Lipinski definition) is 0. The Bertz CT molecular complexity index is 492. The molecule has 0 aromatic carbocycles. The average Bonchev–Trinajstić information content (AvgIpc) is 2.80. The molecule has 0 rings (SSSR count). The van der Waals surface area contributed by atoms with Gasteiger partial charge < -0.3 is 4.74 Å². The monoisotopic (exact) mass is 494 g/mol. The lowest BCUT2D eigenvalue weighted by Gasteiger charge is -2.22. The lowest BCUT2D eigenvalue weighted by Crippen LogP contribution is -2.28. The summed E-state index contributed by atoms with van der Waals surface area (Å²) in [6.45, 7) is 10.4. The summed E-state index contributed by atoms with van der Waals surface area (Å²) in [5.74, 6) is 0.0875. The predicted octanol–water partition coefficient (Wildman–Crippen LogP) is 10.5. The van der Waals surface area contributed by atoms with Crippen LogP contribution in [0.3, 0.4) is 0 Å². The van der Waals surface area contributed by atoms with Gasteiger partial charge in [0, 0.05) is 18.3 Å². The maximum atomic E-state index is 12.6. The fraction of sp³-hybridized carbons (Fsp3) is 0.938. The lowest BCUT2D eigenvalue weighted by molar-refractivity contribution is -0.151. The van der Waals surface area contributed by atoms with E-state index in [0.29, 0.717) is 12.8 Å². The molecule has 0 aliphatic rings. The molecule has 0 heterocycles. The molecule has 1 atom stereocenters. The van der Waals surface area contributed by atoms with Gasteiger partial charge >= 0.3 is 5.97 Å². The van der Waals surface area contributed by atoms with Crippen LogP contribution in [0.25, 0.3) is 0 Å². The highest BCUT2D eigenvalue weighted by molar-refractivity contribution is 5.84. The summed E-state index contributed by atoms with van der Waals surface area (Å²) in [5, 5.41) is 0. The van der Waals surface area contributed by atoms with Crippen LogP contribution in [0.4, 0.5) is 0 Å². The second-order valence-corrected chi connectivity index (χ2v) is 11.9. The average molecular weight is 495 g/mol. The largest absolute Gasteiger partial charge is 0.462 e. The maximum Gasteiger partial charge on any atom is 0.306 e. The molecule has 35 heavy (non-hydrogen) atoms. The van der Waals surface area contributed by atoms with Crippen LogP contribution in [0.1, 0.15) is 182 Å². The zero-order chi connectivity index (χ0) is 26.2. The van der Waals surface area contributed by atoms with Crippen LogP contribution < -0.4 is 0 Å². The summed E-state index contributed by atoms with van der Waals surface area (Å²) < 4.78 is 5.82. The molecule has 0 radical (unpaired) electrons. The number of ether oxygens (including phenoxy) is 1. The van der Waals surface area contributed by atoms with Gasteiger partial charge in [-0.3, -0.25) is 9.59 Å². The Morgan fingerprint density at radius 1 is 0.571 bits per heavy atom. The summed E-state index contributed by atoms with van der Waals surface area (Å²) in [5.41, 5.74) is -0.376. The van der Waals surface area contributed by atoms with Crippen molar-refractivity contribution in [3.8, 4) is 0 Å². The number of Topliss-reactive ketones (excluding diaryl/α,β-unsaturated/α-hetero) is 1. The van der Waals surface area contributed by atoms with E-state index >= 15 is 0 Å². The smallest absolute Gasteiger partial charge is 0.306 e. The van der Waals surface area contributed by atoms with E-state index < -0.39 is 0 Å². The molecule has 3 heteroatoms. The third-order valence-electron chi connectivity index (χ3n) is 7.16. The van der Waals surface area contributed by atoms with E-state index in [1.54, 1.807) is 0 Å². The van der Waals surface area contributed by atoms with Gasteiger partial charge in [0.15, 0.2) is 0 Å². The number of ketones is 1. The Hall–Kier alpha value is -0.860. The van der Waals surface area contributed by atoms with Gasteiger partial charge in [-0.05, 0) is 19.3 Å². The molecule has 208 valence electrons. The van der Waals surface area contributed by atoms with Gasteiger partial charge in [-0.25, -0.2) is 0 Å². The summed E-state index contributed by atoms with van der Waals surface area (Å²) in [6, 6.07) is 0. The molecule has 0 N–H and O–H groups in total. The summed E-state index contributed by atoms with van der Waals surface area (Å²) >= 11 is 0. The van der Waals surface area contributed by atoms with Crippen LogP contribution in [-0.4, -0.2) is 17.9 Å². The molecule has 0 aromatic rings. The van der Waals surface area contributed by atoms with Crippen molar-refractivity contribution in [1.82, 2.24) is 0 Å². The van der Waals surface area contributed by atoms with Crippen molar-refractivity contribution in [1.29, 1.82) is 0 Å². The van der Waals surface area contributed by atoms with Gasteiger partial charge in [0.05, 0.1) is 0 Å². The van der Waals surface area contributed by atoms with Crippen molar-refractivity contribution in [3.05, 3.63) is 0 Å². The number of esters is 1. The van der Waals surface area contributed by atoms with E-state index in [0.717, 1.165) is 25.7 Å². The van der Waals surface area contributed by atoms with Gasteiger partial charge in [-0.1, -0.05) is 150 Å². The molecule has 0 aromatic heterocycles. The fourth-order valence-corrected chi connectivity index (χ4v) is 4.58. The SMILES string of the molecule is CCCCCCCCCCCCCC(=O)O[C@H](CCCCCCCCCCC)CC(=O)C(C)(C)C. The van der Waals surface area contributed by atoms with Gasteiger partial charge in [0.2, 0.25) is 0 Å². The molecule has 0 unspecified atom stereocenters. The minimum atomic E-state index is -0.376. The van der Waals surface area contributed by atoms with Gasteiger partial charge in [0.25, 0.3) is 0 Å². The van der Waals surface area contributed by atoms with Crippen molar-refractivity contribution in [3.63, 3.8) is 0 Å². The highest BCUT2D eigenvalue weighted by atomic mass is 16.5. The van der Waals surface area contributed by atoms with E-state index in [9.17, 15) is 9.59 Å². The Morgan fingerprint density at radius 2 is 0.943 bits per heavy atom. The molecule has 3 nitrogen and oxygen atoms in total. The number of carbonyl (C=O) groups excluding carboxylic acids is 2. The van der Waals surface area contributed by atoms with Crippen molar-refractivity contribution >= 4 is 11.8 Å². The van der Waals surface area contributed by atoms with E-state index in [4.69, 9.17) is 4.74 Å². The molecule has 0 aliphatic heterocycles. The van der Waals surface area contributed by atoms with Crippen LogP contribution in [0.15, 0.2) is 0 Å². The van der Waals surface area contributed by atoms with Crippen molar-refractivity contribution in [2.24, 2.45) is 5.41 Å². The van der Waals surface area contributed by atoms with Gasteiger partial charge in [0.1, 0.15) is 11.9 Å². The van der Waals surface area contributed by atoms with Crippen molar-refractivity contribution < 1.29 is 14.3 Å². The molecule has 0 spiro atoms. The third-order valence-corrected chi connectivity index (χ3v) is 7.16. The first-order valence-electron chi connectivity index (χ1n) is 15.5. The number of unbranched alkanes of at least 4 members (excludes halogenated alkanes) is 18. The van der Waals surface area contributed by atoms with E-state index in [1.807, 2.05) is 20.8 Å². The van der Waals surface area contributed by atoms with Crippen molar-refractivity contribution in [2.45, 2.75) is 188 Å². The first kappa shape index (κ1) is 34.1. The molecule has 0 amide bonds. The highest BCUT2D eigenvalue weighted by Gasteiger charge is 2.26. The summed E-state index contributed by atoms with van der Waals surface area (Å²) in [6.07, 6.45) is 26.9. The van der Waals surface area contributed by atoms with E-state index in [1.165, 1.54) is 109 Å². The first-order valence-corrected chi connectivity index (χ1v) is 15.5. The number of rotatable bonds is 25. The van der Waals surface area contributed by atoms with Crippen LogP contribution >= 0.6 is 0 Å². The van der Waals surface area contributed by atoms with Crippen molar-refractivity contribution in [2.75, 3.05) is 0 Å². The van der Waals surface area contributed by atoms with Crippen LogP contribution in [0.2, 0.25) is 0 Å². The first-order chi connectivity index (χ1) is 16.8. The van der Waals surface area contributed by atoms with Crippen LogP contribution in [-0.2, 0) is 14.3 Å². The summed E-state index contributed by atoms with van der Waals surface area (Å²) in [4.78, 5) is 25.1. The normalized spacial score (nSPS) is 12.6. The van der Waals surface area contributed by atoms with Crippen LogP contribution in [0, 0.1) is 5.41 Å². The molecule has 0 saturated heterocycles. The van der Waals surface area contributed by atoms with Crippen LogP contribution in [0.5, 0.6) is 0 Å². The zero-order valence-corrected chi connectivity index (χ0v) is 24.6. The quantitative estimate of drug-likeness (QED) is 0.0936. The second kappa shape index (κ2) is 23.5. The topological polar surface area (TPSA) is 43.4 Å². The second-order valence-electron chi connectivity index (χ2n) is 11.9. The van der Waals surface area contributed by atoms with Gasteiger partial charge in [-0.15, -0.1) is 0 Å². The number of carbonyl (C=O) groups is 2. The third kappa shape index (κ3) is 23.3. The fourth-order valence-electron chi connectivity index (χ4n) is 4.58. The van der Waals surface area contributed by atoms with Gasteiger partial charge in [-0.2, -0.15) is 0 Å². The molecule has 0 bridgehead atoms. The lowest BCUT2D eigenvalue weighted by atomic mass is 9.87. The standard InChI is InChI=1S/C32H62O3/c1-6-8-10-12-14-16-17-19-21-23-25-27-31(34)35-29(28-30(33)32(3,4)5)26-24-22-20-18-15-13-11-9-7-2/h29H,6-28H2,1-5H3/t29-/m1/s1. The Kier molecular flexibility index (Phi) is 23.0. The highest BCUT2D eigenvalue weighted by Crippen LogP contribution is 2.22. The predicted molar refractivity (Wildman–Crippen MR) is 152 cm³/mol. The zero-order valence-electron chi connectivity index (χ0n) is 24.6. The minimum Gasteiger partial charge on any atom is -0.462 e. The Labute approximate surface area is 219 Å². The maximum absolute atomic E-state index is 12.6. The molecule has 0 aliphatic carbocycles. The summed E-state index contributed by atoms with van der Waals surface area (Å²) in [7, 11) is 0. The van der Waals surface area contributed by atoms with E-state index in [-0.39, 0.29) is 23.3 Å². The molecular weight excluding hydrogens is 432 g/mol. The molecule has 0 saturated carbocycles. The molecule has 0 fully saturated rings. The minimum absolute atomic E-state index is 0.108.